The highest BCUT2D eigenvalue weighted by atomic mass is 32.2. The molecule has 1 aliphatic heterocycles. The Morgan fingerprint density at radius 3 is 2.53 bits per heavy atom. The van der Waals surface area contributed by atoms with E-state index in [1.54, 1.807) is 7.11 Å². The van der Waals surface area contributed by atoms with Gasteiger partial charge < -0.3 is 9.72 Å². The molecule has 0 aliphatic carbocycles. The van der Waals surface area contributed by atoms with Gasteiger partial charge in [-0.25, -0.2) is 0 Å². The third-order valence-corrected chi connectivity index (χ3v) is 6.22. The average Bonchev–Trinajstić information content (AvgIpc) is 3.25. The maximum atomic E-state index is 13.4. The Kier molecular flexibility index (Phi) is 5.68. The molecule has 3 aromatic rings. The van der Waals surface area contributed by atoms with Crippen LogP contribution in [0.3, 0.4) is 0 Å². The number of imide groups is 1. The summed E-state index contributed by atoms with van der Waals surface area (Å²) < 4.78 is 5.47. The maximum absolute atomic E-state index is 13.4. The van der Waals surface area contributed by atoms with E-state index in [2.05, 4.69) is 4.98 Å². The minimum Gasteiger partial charge on any atom is -0.496 e. The largest absolute Gasteiger partial charge is 0.496 e. The summed E-state index contributed by atoms with van der Waals surface area (Å²) in [6, 6.07) is 15.4. The van der Waals surface area contributed by atoms with Crippen LogP contribution >= 0.6 is 11.8 Å². The van der Waals surface area contributed by atoms with Crippen molar-refractivity contribution < 1.29 is 14.3 Å². The van der Waals surface area contributed by atoms with Crippen LogP contribution < -0.4 is 4.74 Å². The molecule has 1 aliphatic rings. The standard InChI is InChI=1S/C24H24N2O3S/c1-15(2)30-22-21(18-9-5-7-11-20(18)29-3)23(27)26(24(22)28)13-12-16-14-25-19-10-6-4-8-17(16)19/h4-11,14-15,25H,12-13H2,1-3H3. The third kappa shape index (κ3) is 3.63. The zero-order valence-electron chi connectivity index (χ0n) is 17.3. The Labute approximate surface area is 180 Å². The Morgan fingerprint density at radius 2 is 1.77 bits per heavy atom. The first-order valence-corrected chi connectivity index (χ1v) is 10.8. The SMILES string of the molecule is COc1ccccc1C1=C(SC(C)C)C(=O)N(CCc2c[nH]c3ccccc23)C1=O. The molecule has 1 aromatic heterocycles. The summed E-state index contributed by atoms with van der Waals surface area (Å²) in [6.07, 6.45) is 2.55. The van der Waals surface area contributed by atoms with E-state index in [-0.39, 0.29) is 17.1 Å². The molecule has 2 amide bonds. The van der Waals surface area contributed by atoms with Gasteiger partial charge in [-0.15, -0.1) is 11.8 Å². The van der Waals surface area contributed by atoms with Gasteiger partial charge in [-0.3, -0.25) is 14.5 Å². The van der Waals surface area contributed by atoms with Gasteiger partial charge in [0, 0.05) is 34.5 Å². The zero-order valence-corrected chi connectivity index (χ0v) is 18.1. The van der Waals surface area contributed by atoms with E-state index in [1.807, 2.05) is 68.6 Å². The van der Waals surface area contributed by atoms with Crippen molar-refractivity contribution in [3.05, 3.63) is 70.8 Å². The van der Waals surface area contributed by atoms with Crippen LogP contribution in [-0.2, 0) is 16.0 Å². The topological polar surface area (TPSA) is 62.4 Å². The molecule has 0 atom stereocenters. The van der Waals surface area contributed by atoms with Crippen molar-refractivity contribution in [1.82, 2.24) is 9.88 Å². The highest BCUT2D eigenvalue weighted by Crippen LogP contribution is 2.40. The summed E-state index contributed by atoms with van der Waals surface area (Å²) in [7, 11) is 1.57. The van der Waals surface area contributed by atoms with Crippen LogP contribution in [0.2, 0.25) is 0 Å². The lowest BCUT2D eigenvalue weighted by Gasteiger charge is -2.15. The second-order valence-corrected chi connectivity index (χ2v) is 9.03. The fourth-order valence-electron chi connectivity index (χ4n) is 3.76. The molecule has 30 heavy (non-hydrogen) atoms. The van der Waals surface area contributed by atoms with E-state index in [9.17, 15) is 9.59 Å². The molecule has 0 unspecified atom stereocenters. The number of H-pyrrole nitrogens is 1. The van der Waals surface area contributed by atoms with E-state index in [1.165, 1.54) is 16.7 Å². The van der Waals surface area contributed by atoms with Crippen LogP contribution in [0.25, 0.3) is 16.5 Å². The Balaban J connectivity index is 1.65. The van der Waals surface area contributed by atoms with E-state index in [0.717, 1.165) is 16.5 Å². The number of hydrogen-bond donors (Lipinski definition) is 1. The summed E-state index contributed by atoms with van der Waals surface area (Å²) in [5, 5.41) is 1.29. The molecule has 5 nitrogen and oxygen atoms in total. The van der Waals surface area contributed by atoms with Gasteiger partial charge in [0.1, 0.15) is 5.75 Å². The summed E-state index contributed by atoms with van der Waals surface area (Å²) in [4.78, 5) is 31.7. The number of methoxy groups -OCH3 is 1. The fourth-order valence-corrected chi connectivity index (χ4v) is 4.76. The van der Waals surface area contributed by atoms with Gasteiger partial charge >= 0.3 is 0 Å². The Morgan fingerprint density at radius 1 is 1.03 bits per heavy atom. The molecule has 0 fully saturated rings. The first-order valence-electron chi connectivity index (χ1n) is 9.96. The first-order chi connectivity index (χ1) is 14.5. The molecule has 0 saturated carbocycles. The number of aromatic nitrogens is 1. The summed E-state index contributed by atoms with van der Waals surface area (Å²) in [6.45, 7) is 4.37. The van der Waals surface area contributed by atoms with Crippen LogP contribution in [0.4, 0.5) is 0 Å². The van der Waals surface area contributed by atoms with Gasteiger partial charge in [-0.1, -0.05) is 50.2 Å². The summed E-state index contributed by atoms with van der Waals surface area (Å²) in [5.74, 6) is 0.112. The van der Waals surface area contributed by atoms with Crippen molar-refractivity contribution in [3.8, 4) is 5.75 Å². The van der Waals surface area contributed by atoms with Crippen LogP contribution in [0.5, 0.6) is 5.75 Å². The molecular formula is C24H24N2O3S. The summed E-state index contributed by atoms with van der Waals surface area (Å²) in [5.41, 5.74) is 3.25. The molecule has 0 spiro atoms. The lowest BCUT2D eigenvalue weighted by atomic mass is 10.0. The lowest BCUT2D eigenvalue weighted by molar-refractivity contribution is -0.136. The number of amides is 2. The number of carbonyl (C=O) groups is 2. The van der Waals surface area contributed by atoms with Gasteiger partial charge in [0.05, 0.1) is 17.6 Å². The fraction of sp³-hybridized carbons (Fsp3) is 0.250. The third-order valence-electron chi connectivity index (χ3n) is 5.14. The minimum absolute atomic E-state index is 0.176. The normalized spacial score (nSPS) is 14.5. The lowest BCUT2D eigenvalue weighted by Crippen LogP contribution is -2.33. The number of nitrogens with one attached hydrogen (secondary N) is 1. The van der Waals surface area contributed by atoms with Crippen molar-refractivity contribution in [2.45, 2.75) is 25.5 Å². The van der Waals surface area contributed by atoms with Crippen LogP contribution in [-0.4, -0.2) is 40.6 Å². The second kappa shape index (κ2) is 8.40. The van der Waals surface area contributed by atoms with E-state index >= 15 is 0 Å². The van der Waals surface area contributed by atoms with Crippen LogP contribution in [0.15, 0.2) is 59.6 Å². The Hall–Kier alpha value is -2.99. The molecule has 0 saturated heterocycles. The zero-order chi connectivity index (χ0) is 21.3. The van der Waals surface area contributed by atoms with Gasteiger partial charge in [0.2, 0.25) is 0 Å². The van der Waals surface area contributed by atoms with Gasteiger partial charge in [-0.2, -0.15) is 0 Å². The molecule has 6 heteroatoms. The van der Waals surface area contributed by atoms with E-state index < -0.39 is 0 Å². The predicted molar refractivity (Wildman–Crippen MR) is 121 cm³/mol. The molecule has 1 N–H and O–H groups in total. The van der Waals surface area contributed by atoms with Gasteiger partial charge in [-0.05, 0) is 24.1 Å². The smallest absolute Gasteiger partial charge is 0.268 e. The van der Waals surface area contributed by atoms with Crippen molar-refractivity contribution in [1.29, 1.82) is 0 Å². The average molecular weight is 421 g/mol. The number of para-hydroxylation sites is 2. The van der Waals surface area contributed by atoms with E-state index in [0.29, 0.717) is 34.8 Å². The molecule has 0 bridgehead atoms. The number of thioether (sulfide) groups is 1. The highest BCUT2D eigenvalue weighted by molar-refractivity contribution is 8.04. The maximum Gasteiger partial charge on any atom is 0.268 e. The number of ether oxygens (including phenoxy) is 1. The molecule has 4 rings (SSSR count). The quantitative estimate of drug-likeness (QED) is 0.566. The molecule has 2 heterocycles. The van der Waals surface area contributed by atoms with Crippen molar-refractivity contribution in [2.75, 3.05) is 13.7 Å². The number of aromatic amines is 1. The van der Waals surface area contributed by atoms with Crippen LogP contribution in [0.1, 0.15) is 25.0 Å². The molecule has 0 radical (unpaired) electrons. The molecule has 2 aromatic carbocycles. The molecular weight excluding hydrogens is 396 g/mol. The van der Waals surface area contributed by atoms with Crippen molar-refractivity contribution in [2.24, 2.45) is 0 Å². The number of nitrogens with zero attached hydrogens (tertiary/aromatic N) is 1. The van der Waals surface area contributed by atoms with Crippen molar-refractivity contribution in [3.63, 3.8) is 0 Å². The Bertz CT molecular complexity index is 1150. The number of fused-ring (bicyclic) bond motifs is 1. The number of hydrogen-bond acceptors (Lipinski definition) is 4. The summed E-state index contributed by atoms with van der Waals surface area (Å²) >= 11 is 1.43. The first kappa shape index (κ1) is 20.3. The van der Waals surface area contributed by atoms with Gasteiger partial charge in [0.25, 0.3) is 11.8 Å². The highest BCUT2D eigenvalue weighted by Gasteiger charge is 2.40. The van der Waals surface area contributed by atoms with Gasteiger partial charge in [0.15, 0.2) is 0 Å². The van der Waals surface area contributed by atoms with Crippen molar-refractivity contribution >= 4 is 40.1 Å². The monoisotopic (exact) mass is 420 g/mol. The number of rotatable bonds is 7. The van der Waals surface area contributed by atoms with E-state index in [4.69, 9.17) is 4.74 Å². The molecule has 154 valence electrons. The predicted octanol–water partition coefficient (Wildman–Crippen LogP) is 4.64. The second-order valence-electron chi connectivity index (χ2n) is 7.44. The minimum atomic E-state index is -0.257. The number of carbonyl (C=O) groups excluding carboxylic acids is 2. The number of benzene rings is 2. The van der Waals surface area contributed by atoms with Crippen LogP contribution in [0, 0.1) is 0 Å².